The first-order chi connectivity index (χ1) is 10.2. The van der Waals surface area contributed by atoms with Gasteiger partial charge in [-0.2, -0.15) is 0 Å². The van der Waals surface area contributed by atoms with Gasteiger partial charge in [-0.1, -0.05) is 6.92 Å². The van der Waals surface area contributed by atoms with Gasteiger partial charge in [0.15, 0.2) is 0 Å². The molecule has 5 heteroatoms. The predicted molar refractivity (Wildman–Crippen MR) is 89.8 cm³/mol. The van der Waals surface area contributed by atoms with Crippen molar-refractivity contribution < 1.29 is 9.53 Å². The molecule has 3 rings (SSSR count). The van der Waals surface area contributed by atoms with Gasteiger partial charge >= 0.3 is 0 Å². The Labute approximate surface area is 138 Å². The van der Waals surface area contributed by atoms with E-state index in [1.165, 1.54) is 12.8 Å². The summed E-state index contributed by atoms with van der Waals surface area (Å²) in [7, 11) is 0. The minimum absolute atomic E-state index is 0. The maximum absolute atomic E-state index is 12.3. The topological polar surface area (TPSA) is 50.4 Å². The Bertz CT molecular complexity index is 488. The van der Waals surface area contributed by atoms with Gasteiger partial charge in [0.05, 0.1) is 6.61 Å². The fourth-order valence-electron chi connectivity index (χ4n) is 2.64. The molecule has 2 atom stereocenters. The Hall–Kier alpha value is -1.26. The summed E-state index contributed by atoms with van der Waals surface area (Å²) in [5, 5.41) is 6.45. The lowest BCUT2D eigenvalue weighted by Crippen LogP contribution is -2.50. The van der Waals surface area contributed by atoms with E-state index in [1.54, 1.807) is 0 Å². The second-order valence-electron chi connectivity index (χ2n) is 6.33. The average molecular weight is 325 g/mol. The van der Waals surface area contributed by atoms with E-state index in [0.29, 0.717) is 11.5 Å². The Balaban J connectivity index is 0.00000176. The zero-order valence-electron chi connectivity index (χ0n) is 13.0. The molecule has 122 valence electrons. The fourth-order valence-corrected chi connectivity index (χ4v) is 2.64. The van der Waals surface area contributed by atoms with Gasteiger partial charge < -0.3 is 15.4 Å². The summed E-state index contributed by atoms with van der Waals surface area (Å²) >= 11 is 0. The Kier molecular flexibility index (Phi) is 6.09. The third kappa shape index (κ3) is 4.62. The number of hydrogen-bond donors (Lipinski definition) is 2. The van der Waals surface area contributed by atoms with Gasteiger partial charge in [-0.15, -0.1) is 12.4 Å². The number of amides is 1. The molecule has 1 aromatic carbocycles. The van der Waals surface area contributed by atoms with Crippen molar-refractivity contribution in [2.45, 2.75) is 32.2 Å². The van der Waals surface area contributed by atoms with Crippen LogP contribution in [0, 0.1) is 11.8 Å². The minimum Gasteiger partial charge on any atom is -0.493 e. The molecule has 2 aliphatic rings. The first-order valence-corrected chi connectivity index (χ1v) is 7.97. The average Bonchev–Trinajstić information content (AvgIpc) is 3.32. The van der Waals surface area contributed by atoms with Crippen LogP contribution in [-0.4, -0.2) is 31.6 Å². The summed E-state index contributed by atoms with van der Waals surface area (Å²) < 4.78 is 5.69. The standard InChI is InChI=1S/C17H24N2O2.ClH/c1-12-8-9-18-10-16(12)19-17(20)14-4-6-15(7-5-14)21-11-13-2-3-13;/h4-7,12-13,16,18H,2-3,8-11H2,1H3,(H,19,20);1H. The largest absolute Gasteiger partial charge is 0.493 e. The summed E-state index contributed by atoms with van der Waals surface area (Å²) in [4.78, 5) is 12.3. The van der Waals surface area contributed by atoms with Crippen LogP contribution in [0.25, 0.3) is 0 Å². The highest BCUT2D eigenvalue weighted by atomic mass is 35.5. The van der Waals surface area contributed by atoms with Crippen molar-refractivity contribution >= 4 is 18.3 Å². The highest BCUT2D eigenvalue weighted by molar-refractivity contribution is 5.94. The smallest absolute Gasteiger partial charge is 0.251 e. The lowest BCUT2D eigenvalue weighted by Gasteiger charge is -2.30. The third-order valence-electron chi connectivity index (χ3n) is 4.44. The lowest BCUT2D eigenvalue weighted by atomic mass is 9.94. The van der Waals surface area contributed by atoms with Crippen LogP contribution in [0.1, 0.15) is 36.5 Å². The monoisotopic (exact) mass is 324 g/mol. The molecule has 0 spiro atoms. The molecule has 4 nitrogen and oxygen atoms in total. The molecule has 1 saturated heterocycles. The molecule has 0 radical (unpaired) electrons. The number of ether oxygens (including phenoxy) is 1. The first-order valence-electron chi connectivity index (χ1n) is 7.97. The second kappa shape index (κ2) is 7.84. The molecule has 1 heterocycles. The molecule has 2 N–H and O–H groups in total. The van der Waals surface area contributed by atoms with Crippen LogP contribution in [0.5, 0.6) is 5.75 Å². The quantitative estimate of drug-likeness (QED) is 0.875. The van der Waals surface area contributed by atoms with Gasteiger partial charge in [0.25, 0.3) is 5.91 Å². The number of piperidine rings is 1. The van der Waals surface area contributed by atoms with E-state index in [9.17, 15) is 4.79 Å². The zero-order chi connectivity index (χ0) is 14.7. The molecule has 0 aromatic heterocycles. The van der Waals surface area contributed by atoms with Crippen molar-refractivity contribution in [3.05, 3.63) is 29.8 Å². The molecule has 1 aromatic rings. The van der Waals surface area contributed by atoms with E-state index in [-0.39, 0.29) is 24.4 Å². The highest BCUT2D eigenvalue weighted by Crippen LogP contribution is 2.29. The molecular formula is C17H25ClN2O2. The summed E-state index contributed by atoms with van der Waals surface area (Å²) in [5.41, 5.74) is 0.701. The molecule has 22 heavy (non-hydrogen) atoms. The van der Waals surface area contributed by atoms with Crippen molar-refractivity contribution in [1.82, 2.24) is 10.6 Å². The number of halogens is 1. The molecule has 1 saturated carbocycles. The molecule has 2 fully saturated rings. The number of rotatable bonds is 5. The molecule has 2 unspecified atom stereocenters. The van der Waals surface area contributed by atoms with Crippen LogP contribution >= 0.6 is 12.4 Å². The summed E-state index contributed by atoms with van der Waals surface area (Å²) in [5.74, 6) is 2.13. The SMILES string of the molecule is CC1CCNCC1NC(=O)c1ccc(OCC2CC2)cc1.Cl. The Morgan fingerprint density at radius 2 is 2.00 bits per heavy atom. The number of carbonyl (C=O) groups is 1. The first kappa shape index (κ1) is 17.1. The summed E-state index contributed by atoms with van der Waals surface area (Å²) in [6.07, 6.45) is 3.68. The Morgan fingerprint density at radius 3 is 2.64 bits per heavy atom. The van der Waals surface area contributed by atoms with Crippen molar-refractivity contribution in [2.75, 3.05) is 19.7 Å². The predicted octanol–water partition coefficient (Wildman–Crippen LogP) is 2.63. The van der Waals surface area contributed by atoms with Gasteiger partial charge in [0, 0.05) is 18.2 Å². The zero-order valence-corrected chi connectivity index (χ0v) is 13.8. The molecule has 1 amide bonds. The number of nitrogens with one attached hydrogen (secondary N) is 2. The van der Waals surface area contributed by atoms with Crippen LogP contribution in [0.2, 0.25) is 0 Å². The number of hydrogen-bond acceptors (Lipinski definition) is 3. The van der Waals surface area contributed by atoms with Gasteiger partial charge in [-0.3, -0.25) is 4.79 Å². The lowest BCUT2D eigenvalue weighted by molar-refractivity contribution is 0.0915. The van der Waals surface area contributed by atoms with E-state index in [2.05, 4.69) is 17.6 Å². The fraction of sp³-hybridized carbons (Fsp3) is 0.588. The van der Waals surface area contributed by atoms with Crippen LogP contribution in [-0.2, 0) is 0 Å². The van der Waals surface area contributed by atoms with Crippen LogP contribution in [0.3, 0.4) is 0 Å². The maximum atomic E-state index is 12.3. The van der Waals surface area contributed by atoms with E-state index in [0.717, 1.165) is 37.8 Å². The molecule has 0 bridgehead atoms. The van der Waals surface area contributed by atoms with Gasteiger partial charge in [0.1, 0.15) is 5.75 Å². The molecule has 1 aliphatic carbocycles. The molecule has 1 aliphatic heterocycles. The minimum atomic E-state index is 0. The molecular weight excluding hydrogens is 300 g/mol. The number of benzene rings is 1. The normalized spacial score (nSPS) is 24.2. The third-order valence-corrected chi connectivity index (χ3v) is 4.44. The summed E-state index contributed by atoms with van der Waals surface area (Å²) in [6.45, 7) is 4.90. The van der Waals surface area contributed by atoms with E-state index in [4.69, 9.17) is 4.74 Å². The van der Waals surface area contributed by atoms with Crippen LogP contribution in [0.15, 0.2) is 24.3 Å². The number of carbonyl (C=O) groups excluding carboxylic acids is 1. The van der Waals surface area contributed by atoms with Gasteiger partial charge in [-0.05, 0) is 61.9 Å². The van der Waals surface area contributed by atoms with Crippen LogP contribution in [0.4, 0.5) is 0 Å². The van der Waals surface area contributed by atoms with Crippen molar-refractivity contribution in [3.8, 4) is 5.75 Å². The van der Waals surface area contributed by atoms with Crippen molar-refractivity contribution in [1.29, 1.82) is 0 Å². The Morgan fingerprint density at radius 1 is 1.27 bits per heavy atom. The van der Waals surface area contributed by atoms with Gasteiger partial charge in [-0.25, -0.2) is 0 Å². The van der Waals surface area contributed by atoms with Gasteiger partial charge in [0.2, 0.25) is 0 Å². The highest BCUT2D eigenvalue weighted by Gasteiger charge is 2.23. The van der Waals surface area contributed by atoms with E-state index < -0.39 is 0 Å². The second-order valence-corrected chi connectivity index (χ2v) is 6.33. The summed E-state index contributed by atoms with van der Waals surface area (Å²) in [6, 6.07) is 7.69. The van der Waals surface area contributed by atoms with Crippen LogP contribution < -0.4 is 15.4 Å². The van der Waals surface area contributed by atoms with Crippen molar-refractivity contribution in [2.24, 2.45) is 11.8 Å². The maximum Gasteiger partial charge on any atom is 0.251 e. The van der Waals surface area contributed by atoms with Crippen molar-refractivity contribution in [3.63, 3.8) is 0 Å². The van der Waals surface area contributed by atoms with E-state index >= 15 is 0 Å². The van der Waals surface area contributed by atoms with E-state index in [1.807, 2.05) is 24.3 Å².